The highest BCUT2D eigenvalue weighted by Gasteiger charge is 2.23. The van der Waals surface area contributed by atoms with E-state index in [0.717, 1.165) is 5.02 Å². The molecule has 0 fully saturated rings. The van der Waals surface area contributed by atoms with Gasteiger partial charge in [0, 0.05) is 16.2 Å². The van der Waals surface area contributed by atoms with Gasteiger partial charge < -0.3 is 0 Å². The zero-order chi connectivity index (χ0) is 12.6. The molecular weight excluding hydrogens is 308 g/mol. The van der Waals surface area contributed by atoms with Crippen molar-refractivity contribution in [3.8, 4) is 0 Å². The Morgan fingerprint density at radius 1 is 1.38 bits per heavy atom. The fraction of sp³-hybridized carbons (Fsp3) is 0.417. The standard InChI is InChI=1S/C6H11BrOS.C6H5Cl/c1-6(2,4-9)5(8)3-7;7-6-4-2-1-3-5-6/h9H,3-4H2,1-2H3;1-5H. The van der Waals surface area contributed by atoms with E-state index in [0.29, 0.717) is 11.1 Å². The molecule has 0 atom stereocenters. The van der Waals surface area contributed by atoms with Crippen LogP contribution in [0.15, 0.2) is 30.3 Å². The Morgan fingerprint density at radius 3 is 2.06 bits per heavy atom. The van der Waals surface area contributed by atoms with Crippen molar-refractivity contribution in [2.45, 2.75) is 13.8 Å². The topological polar surface area (TPSA) is 17.1 Å². The van der Waals surface area contributed by atoms with Gasteiger partial charge in [0.2, 0.25) is 0 Å². The van der Waals surface area contributed by atoms with Crippen molar-refractivity contribution in [3.05, 3.63) is 35.4 Å². The number of halogens is 2. The van der Waals surface area contributed by atoms with Crippen molar-refractivity contribution >= 4 is 45.9 Å². The highest BCUT2D eigenvalue weighted by atomic mass is 79.9. The molecule has 1 aromatic carbocycles. The summed E-state index contributed by atoms with van der Waals surface area (Å²) in [4.78, 5) is 11.0. The number of thiol groups is 1. The summed E-state index contributed by atoms with van der Waals surface area (Å²) in [5.41, 5.74) is -0.271. The average molecular weight is 324 g/mol. The quantitative estimate of drug-likeness (QED) is 0.650. The molecule has 1 rings (SSSR count). The van der Waals surface area contributed by atoms with E-state index in [1.165, 1.54) is 0 Å². The normalized spacial score (nSPS) is 10.3. The van der Waals surface area contributed by atoms with Gasteiger partial charge in [0.25, 0.3) is 0 Å². The van der Waals surface area contributed by atoms with Crippen LogP contribution < -0.4 is 0 Å². The van der Waals surface area contributed by atoms with Crippen LogP contribution in [0.1, 0.15) is 13.8 Å². The molecule has 0 aliphatic carbocycles. The second kappa shape index (κ2) is 8.15. The zero-order valence-corrected chi connectivity index (χ0v) is 12.6. The van der Waals surface area contributed by atoms with Crippen LogP contribution in [0.5, 0.6) is 0 Å². The molecule has 0 N–H and O–H groups in total. The fourth-order valence-electron chi connectivity index (χ4n) is 0.684. The SMILES string of the molecule is CC(C)(CS)C(=O)CBr.Clc1ccccc1. The molecule has 0 aromatic heterocycles. The number of benzene rings is 1. The Labute approximate surface area is 116 Å². The van der Waals surface area contributed by atoms with E-state index in [9.17, 15) is 4.79 Å². The first-order valence-electron chi connectivity index (χ1n) is 4.84. The molecular formula is C12H16BrClOS. The van der Waals surface area contributed by atoms with Crippen LogP contribution in [0.25, 0.3) is 0 Å². The van der Waals surface area contributed by atoms with Crippen LogP contribution >= 0.6 is 40.2 Å². The maximum absolute atomic E-state index is 11.0. The van der Waals surface area contributed by atoms with Gasteiger partial charge in [0.15, 0.2) is 0 Å². The second-order valence-electron chi connectivity index (χ2n) is 3.89. The molecule has 0 radical (unpaired) electrons. The summed E-state index contributed by atoms with van der Waals surface area (Å²) in [5.74, 6) is 0.815. The van der Waals surface area contributed by atoms with Crippen LogP contribution in [-0.4, -0.2) is 16.9 Å². The average Bonchev–Trinajstić information content (AvgIpc) is 2.29. The molecule has 0 aliphatic heterocycles. The van der Waals surface area contributed by atoms with Crippen LogP contribution in [-0.2, 0) is 4.79 Å². The smallest absolute Gasteiger partial charge is 0.149 e. The van der Waals surface area contributed by atoms with Crippen molar-refractivity contribution in [2.75, 3.05) is 11.1 Å². The maximum Gasteiger partial charge on any atom is 0.149 e. The minimum absolute atomic E-state index is 0.206. The van der Waals surface area contributed by atoms with E-state index in [-0.39, 0.29) is 11.2 Å². The van der Waals surface area contributed by atoms with Crippen molar-refractivity contribution in [3.63, 3.8) is 0 Å². The minimum Gasteiger partial charge on any atom is -0.298 e. The third-order valence-electron chi connectivity index (χ3n) is 2.00. The molecule has 1 aromatic rings. The second-order valence-corrected chi connectivity index (χ2v) is 5.21. The number of alkyl halides is 1. The third kappa shape index (κ3) is 6.56. The number of carbonyl (C=O) groups is 1. The van der Waals surface area contributed by atoms with E-state index in [1.807, 2.05) is 44.2 Å². The first-order valence-corrected chi connectivity index (χ1v) is 6.98. The van der Waals surface area contributed by atoms with Gasteiger partial charge in [-0.1, -0.05) is 59.6 Å². The zero-order valence-electron chi connectivity index (χ0n) is 9.41. The van der Waals surface area contributed by atoms with E-state index >= 15 is 0 Å². The predicted octanol–water partition coefficient (Wildman–Crippen LogP) is 4.25. The van der Waals surface area contributed by atoms with Crippen LogP contribution in [0.3, 0.4) is 0 Å². The Hall–Kier alpha value is 0.01000. The van der Waals surface area contributed by atoms with Crippen molar-refractivity contribution in [1.29, 1.82) is 0 Å². The largest absolute Gasteiger partial charge is 0.298 e. The summed E-state index contributed by atoms with van der Waals surface area (Å²) in [5, 5.41) is 1.23. The Balaban J connectivity index is 0.000000288. The molecule has 0 spiro atoms. The first-order chi connectivity index (χ1) is 7.44. The molecule has 0 aliphatic rings. The van der Waals surface area contributed by atoms with Crippen LogP contribution in [0.4, 0.5) is 0 Å². The lowest BCUT2D eigenvalue weighted by Crippen LogP contribution is -2.26. The van der Waals surface area contributed by atoms with Gasteiger partial charge >= 0.3 is 0 Å². The number of carbonyl (C=O) groups excluding carboxylic acids is 1. The predicted molar refractivity (Wildman–Crippen MR) is 77.9 cm³/mol. The van der Waals surface area contributed by atoms with Crippen LogP contribution in [0, 0.1) is 5.41 Å². The van der Waals surface area contributed by atoms with Gasteiger partial charge in [-0.3, -0.25) is 4.79 Å². The van der Waals surface area contributed by atoms with E-state index in [1.54, 1.807) is 0 Å². The monoisotopic (exact) mass is 322 g/mol. The lowest BCUT2D eigenvalue weighted by molar-refractivity contribution is -0.123. The Bertz CT molecular complexity index is 314. The van der Waals surface area contributed by atoms with Gasteiger partial charge in [-0.05, 0) is 12.1 Å². The lowest BCUT2D eigenvalue weighted by atomic mass is 9.92. The Morgan fingerprint density at radius 2 is 1.88 bits per heavy atom. The van der Waals surface area contributed by atoms with Gasteiger partial charge in [-0.25, -0.2) is 0 Å². The molecule has 16 heavy (non-hydrogen) atoms. The molecule has 90 valence electrons. The van der Waals surface area contributed by atoms with E-state index < -0.39 is 0 Å². The highest BCUT2D eigenvalue weighted by Crippen LogP contribution is 2.18. The third-order valence-corrected chi connectivity index (χ3v) is 3.56. The minimum atomic E-state index is -0.271. The first kappa shape index (κ1) is 16.0. The lowest BCUT2D eigenvalue weighted by Gasteiger charge is -2.17. The molecule has 0 bridgehead atoms. The van der Waals surface area contributed by atoms with E-state index in [4.69, 9.17) is 11.6 Å². The van der Waals surface area contributed by atoms with Crippen LogP contribution in [0.2, 0.25) is 5.02 Å². The summed E-state index contributed by atoms with van der Waals surface area (Å²) in [6.45, 7) is 3.78. The summed E-state index contributed by atoms with van der Waals surface area (Å²) in [6, 6.07) is 9.44. The molecule has 0 heterocycles. The van der Waals surface area contributed by atoms with Crippen molar-refractivity contribution < 1.29 is 4.79 Å². The molecule has 0 saturated heterocycles. The molecule has 0 saturated carbocycles. The van der Waals surface area contributed by atoms with Gasteiger partial charge in [0.1, 0.15) is 5.78 Å². The van der Waals surface area contributed by atoms with Gasteiger partial charge in [-0.15, -0.1) is 0 Å². The van der Waals surface area contributed by atoms with Gasteiger partial charge in [-0.2, -0.15) is 12.6 Å². The molecule has 0 amide bonds. The molecule has 4 heteroatoms. The summed E-state index contributed by atoms with van der Waals surface area (Å²) >= 11 is 12.7. The summed E-state index contributed by atoms with van der Waals surface area (Å²) < 4.78 is 0. The molecule has 0 unspecified atom stereocenters. The number of rotatable bonds is 3. The Kier molecular flexibility index (Phi) is 8.16. The highest BCUT2D eigenvalue weighted by molar-refractivity contribution is 9.09. The summed E-state index contributed by atoms with van der Waals surface area (Å²) in [7, 11) is 0. The number of hydrogen-bond donors (Lipinski definition) is 1. The number of ketones is 1. The maximum atomic E-state index is 11.0. The number of Topliss-reactive ketones (excluding diaryl/α,β-unsaturated/α-hetero) is 1. The van der Waals surface area contributed by atoms with Crippen molar-refractivity contribution in [2.24, 2.45) is 5.41 Å². The van der Waals surface area contributed by atoms with E-state index in [2.05, 4.69) is 28.6 Å². The molecule has 1 nitrogen and oxygen atoms in total. The van der Waals surface area contributed by atoms with Gasteiger partial charge in [0.05, 0.1) is 5.33 Å². The van der Waals surface area contributed by atoms with Crippen molar-refractivity contribution in [1.82, 2.24) is 0 Å². The number of hydrogen-bond acceptors (Lipinski definition) is 2. The summed E-state index contributed by atoms with van der Waals surface area (Å²) in [6.07, 6.45) is 0. The fourth-order valence-corrected chi connectivity index (χ4v) is 1.76.